The van der Waals surface area contributed by atoms with Crippen molar-refractivity contribution in [3.63, 3.8) is 0 Å². The molecule has 0 saturated carbocycles. The van der Waals surface area contributed by atoms with Crippen molar-refractivity contribution < 1.29 is 9.21 Å². The third-order valence-corrected chi connectivity index (χ3v) is 6.77. The van der Waals surface area contributed by atoms with Crippen molar-refractivity contribution in [1.82, 2.24) is 5.32 Å². The zero-order chi connectivity index (χ0) is 18.5. The van der Waals surface area contributed by atoms with Crippen LogP contribution >= 0.6 is 22.9 Å². The molecule has 2 atom stereocenters. The standard InChI is InChI=1S/C21H19ClN2O2S/c1-11-2-7-14-17(10-11)27-21-18(14)20(25)23-19(24-21)16-9-8-15(26-16)12-3-5-13(22)6-4-12/h3-6,8-9,11,19,24H,2,7,10H2,1H3,(H,23,25)/t11-,19-/m1/s1. The van der Waals surface area contributed by atoms with E-state index in [2.05, 4.69) is 17.6 Å². The number of carbonyl (C=O) groups is 1. The second-order valence-electron chi connectivity index (χ2n) is 7.32. The summed E-state index contributed by atoms with van der Waals surface area (Å²) in [6.45, 7) is 2.28. The summed E-state index contributed by atoms with van der Waals surface area (Å²) in [7, 11) is 0. The van der Waals surface area contributed by atoms with Gasteiger partial charge in [0.05, 0.1) is 5.56 Å². The molecule has 2 aliphatic rings. The van der Waals surface area contributed by atoms with Crippen molar-refractivity contribution in [3.8, 4) is 11.3 Å². The Hall–Kier alpha value is -2.24. The highest BCUT2D eigenvalue weighted by Gasteiger charge is 2.34. The summed E-state index contributed by atoms with van der Waals surface area (Å²) in [5, 5.41) is 8.17. The van der Waals surface area contributed by atoms with Crippen LogP contribution in [-0.4, -0.2) is 5.91 Å². The van der Waals surface area contributed by atoms with Crippen molar-refractivity contribution in [3.05, 3.63) is 63.2 Å². The summed E-state index contributed by atoms with van der Waals surface area (Å²) in [5.74, 6) is 2.12. The Kier molecular flexibility index (Phi) is 4.02. The lowest BCUT2D eigenvalue weighted by molar-refractivity contribution is 0.0930. The van der Waals surface area contributed by atoms with Crippen molar-refractivity contribution >= 4 is 33.8 Å². The molecule has 5 rings (SSSR count). The number of rotatable bonds is 2. The Morgan fingerprint density at radius 1 is 1.15 bits per heavy atom. The number of benzene rings is 1. The van der Waals surface area contributed by atoms with Gasteiger partial charge in [-0.05, 0) is 67.1 Å². The molecule has 6 heteroatoms. The first-order chi connectivity index (χ1) is 13.1. The average molecular weight is 399 g/mol. The highest BCUT2D eigenvalue weighted by atomic mass is 35.5. The van der Waals surface area contributed by atoms with Gasteiger partial charge in [0.2, 0.25) is 0 Å². The molecule has 0 radical (unpaired) electrons. The predicted molar refractivity (Wildman–Crippen MR) is 108 cm³/mol. The van der Waals surface area contributed by atoms with Crippen molar-refractivity contribution in [2.24, 2.45) is 5.92 Å². The molecule has 2 N–H and O–H groups in total. The quantitative estimate of drug-likeness (QED) is 0.587. The Balaban J connectivity index is 1.44. The van der Waals surface area contributed by atoms with Crippen LogP contribution < -0.4 is 10.6 Å². The Morgan fingerprint density at radius 2 is 1.96 bits per heavy atom. The van der Waals surface area contributed by atoms with Crippen molar-refractivity contribution in [2.75, 3.05) is 5.32 Å². The first-order valence-corrected chi connectivity index (χ1v) is 10.4. The highest BCUT2D eigenvalue weighted by Crippen LogP contribution is 2.42. The predicted octanol–water partition coefficient (Wildman–Crippen LogP) is 5.64. The van der Waals surface area contributed by atoms with Gasteiger partial charge < -0.3 is 15.1 Å². The van der Waals surface area contributed by atoms with E-state index in [4.69, 9.17) is 16.0 Å². The Bertz CT molecular complexity index is 1020. The van der Waals surface area contributed by atoms with E-state index < -0.39 is 0 Å². The molecule has 3 heterocycles. The molecule has 1 amide bonds. The molecular formula is C21H19ClN2O2S. The summed E-state index contributed by atoms with van der Waals surface area (Å²) in [5.41, 5.74) is 3.02. The summed E-state index contributed by atoms with van der Waals surface area (Å²) in [6, 6.07) is 11.3. The number of nitrogens with one attached hydrogen (secondary N) is 2. The van der Waals surface area contributed by atoms with Crippen LogP contribution in [0.3, 0.4) is 0 Å². The molecule has 0 unspecified atom stereocenters. The van der Waals surface area contributed by atoms with Crippen LogP contribution in [0.1, 0.15) is 46.1 Å². The minimum Gasteiger partial charge on any atom is -0.457 e. The second kappa shape index (κ2) is 6.43. The molecule has 1 aliphatic carbocycles. The van der Waals surface area contributed by atoms with Gasteiger partial charge in [-0.25, -0.2) is 0 Å². The summed E-state index contributed by atoms with van der Waals surface area (Å²) in [6.07, 6.45) is 2.84. The normalized spacial score (nSPS) is 21.2. The van der Waals surface area contributed by atoms with Gasteiger partial charge in [-0.2, -0.15) is 0 Å². The van der Waals surface area contributed by atoms with Gasteiger partial charge in [0, 0.05) is 15.5 Å². The van der Waals surface area contributed by atoms with Gasteiger partial charge in [-0.3, -0.25) is 4.79 Å². The molecule has 0 fully saturated rings. The minimum absolute atomic E-state index is 0.00903. The van der Waals surface area contributed by atoms with E-state index in [0.29, 0.717) is 16.7 Å². The zero-order valence-electron chi connectivity index (χ0n) is 14.8. The number of carbonyl (C=O) groups excluding carboxylic acids is 1. The fourth-order valence-corrected chi connectivity index (χ4v) is 5.44. The number of thiophene rings is 1. The van der Waals surface area contributed by atoms with Crippen LogP contribution in [0, 0.1) is 5.92 Å². The molecule has 3 aromatic rings. The molecule has 2 aromatic heterocycles. The number of anilines is 1. The second-order valence-corrected chi connectivity index (χ2v) is 8.86. The zero-order valence-corrected chi connectivity index (χ0v) is 16.4. The van der Waals surface area contributed by atoms with Crippen LogP contribution in [0.2, 0.25) is 5.02 Å². The van der Waals surface area contributed by atoms with Crippen molar-refractivity contribution in [2.45, 2.75) is 32.4 Å². The SMILES string of the molecule is C[C@@H]1CCc2c(sc3c2C(=O)N[C@@H](c2ccc(-c4ccc(Cl)cc4)o2)N3)C1. The number of hydrogen-bond acceptors (Lipinski definition) is 4. The maximum Gasteiger partial charge on any atom is 0.256 e. The van der Waals surface area contributed by atoms with Gasteiger partial charge in [0.25, 0.3) is 5.91 Å². The topological polar surface area (TPSA) is 54.3 Å². The maximum absolute atomic E-state index is 12.8. The molecule has 138 valence electrons. The summed E-state index contributed by atoms with van der Waals surface area (Å²) < 4.78 is 6.02. The van der Waals surface area contributed by atoms with Crippen LogP contribution in [0.4, 0.5) is 5.00 Å². The number of furan rings is 1. The average Bonchev–Trinajstić information content (AvgIpc) is 3.26. The molecule has 4 nitrogen and oxygen atoms in total. The smallest absolute Gasteiger partial charge is 0.256 e. The Labute approximate surface area is 166 Å². The number of hydrogen-bond donors (Lipinski definition) is 2. The van der Waals surface area contributed by atoms with Gasteiger partial charge in [0.15, 0.2) is 6.17 Å². The van der Waals surface area contributed by atoms with Gasteiger partial charge in [-0.15, -0.1) is 11.3 Å². The lowest BCUT2D eigenvalue weighted by Gasteiger charge is -2.25. The summed E-state index contributed by atoms with van der Waals surface area (Å²) >= 11 is 7.68. The van der Waals surface area contributed by atoms with Crippen LogP contribution in [0.15, 0.2) is 40.8 Å². The molecule has 1 aromatic carbocycles. The third-order valence-electron chi connectivity index (χ3n) is 5.33. The van der Waals surface area contributed by atoms with E-state index in [1.54, 1.807) is 11.3 Å². The third kappa shape index (κ3) is 2.95. The lowest BCUT2D eigenvalue weighted by Crippen LogP contribution is -2.38. The fourth-order valence-electron chi connectivity index (χ4n) is 3.88. The molecule has 0 saturated heterocycles. The van der Waals surface area contributed by atoms with E-state index in [9.17, 15) is 4.79 Å². The van der Waals surface area contributed by atoms with Crippen LogP contribution in [0.25, 0.3) is 11.3 Å². The number of amides is 1. The fraction of sp³-hybridized carbons (Fsp3) is 0.286. The number of halogens is 1. The number of fused-ring (bicyclic) bond motifs is 3. The molecule has 1 aliphatic heterocycles. The van der Waals surface area contributed by atoms with E-state index in [1.807, 2.05) is 36.4 Å². The minimum atomic E-state index is -0.358. The lowest BCUT2D eigenvalue weighted by atomic mass is 9.88. The molecule has 27 heavy (non-hydrogen) atoms. The molecule has 0 spiro atoms. The van der Waals surface area contributed by atoms with Crippen molar-refractivity contribution in [1.29, 1.82) is 0 Å². The van der Waals surface area contributed by atoms with E-state index in [1.165, 1.54) is 10.4 Å². The van der Waals surface area contributed by atoms with Gasteiger partial charge >= 0.3 is 0 Å². The van der Waals surface area contributed by atoms with E-state index in [0.717, 1.165) is 41.2 Å². The van der Waals surface area contributed by atoms with Gasteiger partial charge in [0.1, 0.15) is 16.5 Å². The Morgan fingerprint density at radius 3 is 2.78 bits per heavy atom. The monoisotopic (exact) mass is 398 g/mol. The molecule has 0 bridgehead atoms. The first kappa shape index (κ1) is 16.9. The van der Waals surface area contributed by atoms with Crippen LogP contribution in [0.5, 0.6) is 0 Å². The first-order valence-electron chi connectivity index (χ1n) is 9.16. The highest BCUT2D eigenvalue weighted by molar-refractivity contribution is 7.16. The summed E-state index contributed by atoms with van der Waals surface area (Å²) in [4.78, 5) is 14.1. The van der Waals surface area contributed by atoms with E-state index >= 15 is 0 Å². The maximum atomic E-state index is 12.8. The molecular weight excluding hydrogens is 380 g/mol. The largest absolute Gasteiger partial charge is 0.457 e. The van der Waals surface area contributed by atoms with Crippen LogP contribution in [-0.2, 0) is 12.8 Å². The van der Waals surface area contributed by atoms with E-state index in [-0.39, 0.29) is 12.1 Å². The van der Waals surface area contributed by atoms with Gasteiger partial charge in [-0.1, -0.05) is 18.5 Å².